The van der Waals surface area contributed by atoms with Crippen LogP contribution in [0.2, 0.25) is 0 Å². The highest BCUT2D eigenvalue weighted by Crippen LogP contribution is 2.31. The third kappa shape index (κ3) is 3.43. The van der Waals surface area contributed by atoms with Crippen LogP contribution >= 0.6 is 11.3 Å². The van der Waals surface area contributed by atoms with Crippen molar-refractivity contribution >= 4 is 23.2 Å². The lowest BCUT2D eigenvalue weighted by Crippen LogP contribution is -2.51. The summed E-state index contributed by atoms with van der Waals surface area (Å²) in [5, 5.41) is 3.02. The Hall–Kier alpha value is -1.40. The largest absolute Gasteiger partial charge is 0.352 e. The van der Waals surface area contributed by atoms with Crippen LogP contribution in [0.15, 0.2) is 6.07 Å². The van der Waals surface area contributed by atoms with Gasteiger partial charge in [0, 0.05) is 37.1 Å². The summed E-state index contributed by atoms with van der Waals surface area (Å²) in [6.07, 6.45) is 5.75. The minimum absolute atomic E-state index is 0.127. The molecule has 2 heterocycles. The average Bonchev–Trinajstić information content (AvgIpc) is 3.08. The molecule has 0 radical (unpaired) electrons. The van der Waals surface area contributed by atoms with Gasteiger partial charge in [-0.1, -0.05) is 0 Å². The van der Waals surface area contributed by atoms with Crippen LogP contribution in [0.4, 0.5) is 0 Å². The number of carbonyl (C=O) groups is 2. The van der Waals surface area contributed by atoms with Crippen LogP contribution in [0, 0.1) is 0 Å². The van der Waals surface area contributed by atoms with E-state index in [4.69, 9.17) is 0 Å². The zero-order valence-corrected chi connectivity index (χ0v) is 14.2. The van der Waals surface area contributed by atoms with Crippen molar-refractivity contribution in [3.8, 4) is 0 Å². The topological polar surface area (TPSA) is 52.7 Å². The number of carbonyl (C=O) groups excluding carboxylic acids is 2. The lowest BCUT2D eigenvalue weighted by Gasteiger charge is -2.34. The van der Waals surface area contributed by atoms with Gasteiger partial charge in [-0.3, -0.25) is 14.5 Å². The lowest BCUT2D eigenvalue weighted by atomic mass is 10.2. The van der Waals surface area contributed by atoms with Crippen LogP contribution < -0.4 is 5.32 Å². The Labute approximate surface area is 140 Å². The quantitative estimate of drug-likeness (QED) is 0.903. The number of piperazine rings is 1. The van der Waals surface area contributed by atoms with Crippen molar-refractivity contribution in [3.63, 3.8) is 0 Å². The summed E-state index contributed by atoms with van der Waals surface area (Å²) in [4.78, 5) is 30.9. The molecule has 2 fully saturated rings. The monoisotopic (exact) mass is 333 g/mol. The number of fused-ring (bicyclic) bond motifs is 1. The van der Waals surface area contributed by atoms with Crippen LogP contribution in [0.1, 0.15) is 39.4 Å². The Morgan fingerprint density at radius 2 is 1.96 bits per heavy atom. The smallest absolute Gasteiger partial charge is 0.264 e. The SMILES string of the molecule is O=C(CN1CCN(C(=O)c2cc3c(s2)CCC3)CC1)NC1CC1. The first-order valence-electron chi connectivity index (χ1n) is 8.61. The van der Waals surface area contributed by atoms with Gasteiger partial charge < -0.3 is 10.2 Å². The summed E-state index contributed by atoms with van der Waals surface area (Å²) in [7, 11) is 0. The van der Waals surface area contributed by atoms with Gasteiger partial charge in [-0.15, -0.1) is 11.3 Å². The van der Waals surface area contributed by atoms with Crippen LogP contribution in [0.25, 0.3) is 0 Å². The fraction of sp³-hybridized carbons (Fsp3) is 0.647. The van der Waals surface area contributed by atoms with Crippen molar-refractivity contribution in [1.29, 1.82) is 0 Å². The average molecular weight is 333 g/mol. The molecule has 3 aliphatic rings. The molecule has 6 heteroatoms. The fourth-order valence-electron chi connectivity index (χ4n) is 3.40. The summed E-state index contributed by atoms with van der Waals surface area (Å²) in [6.45, 7) is 3.48. The van der Waals surface area contributed by atoms with Gasteiger partial charge in [0.1, 0.15) is 0 Å². The number of nitrogens with one attached hydrogen (secondary N) is 1. The van der Waals surface area contributed by atoms with Gasteiger partial charge in [-0.25, -0.2) is 0 Å². The van der Waals surface area contributed by atoms with Crippen molar-refractivity contribution in [2.45, 2.75) is 38.1 Å². The Bertz CT molecular complexity index is 594. The summed E-state index contributed by atoms with van der Waals surface area (Å²) < 4.78 is 0. The van der Waals surface area contributed by atoms with E-state index in [0.29, 0.717) is 12.6 Å². The maximum atomic E-state index is 12.6. The molecule has 0 atom stereocenters. The summed E-state index contributed by atoms with van der Waals surface area (Å²) in [6, 6.07) is 2.52. The highest BCUT2D eigenvalue weighted by atomic mass is 32.1. The van der Waals surface area contributed by atoms with Crippen molar-refractivity contribution in [2.75, 3.05) is 32.7 Å². The first-order chi connectivity index (χ1) is 11.2. The van der Waals surface area contributed by atoms with Gasteiger partial charge in [0.25, 0.3) is 5.91 Å². The van der Waals surface area contributed by atoms with E-state index in [1.165, 1.54) is 16.9 Å². The first-order valence-corrected chi connectivity index (χ1v) is 9.43. The number of amides is 2. The van der Waals surface area contributed by atoms with Crippen molar-refractivity contribution in [3.05, 3.63) is 21.4 Å². The van der Waals surface area contributed by atoms with E-state index >= 15 is 0 Å². The van der Waals surface area contributed by atoms with Crippen molar-refractivity contribution in [1.82, 2.24) is 15.1 Å². The first kappa shape index (κ1) is 15.1. The van der Waals surface area contributed by atoms with E-state index in [0.717, 1.165) is 56.7 Å². The molecule has 2 amide bonds. The van der Waals surface area contributed by atoms with Gasteiger partial charge in [-0.05, 0) is 43.7 Å². The highest BCUT2D eigenvalue weighted by Gasteiger charge is 2.28. The molecule has 5 nitrogen and oxygen atoms in total. The van der Waals surface area contributed by atoms with Crippen LogP contribution in [0.5, 0.6) is 0 Å². The molecular formula is C17H23N3O2S. The highest BCUT2D eigenvalue weighted by molar-refractivity contribution is 7.14. The second-order valence-corrected chi connectivity index (χ2v) is 7.96. The number of hydrogen-bond acceptors (Lipinski definition) is 4. The third-order valence-corrected chi connectivity index (χ3v) is 6.15. The van der Waals surface area contributed by atoms with E-state index in [1.54, 1.807) is 11.3 Å². The predicted octanol–water partition coefficient (Wildman–Crippen LogP) is 1.27. The van der Waals surface area contributed by atoms with Gasteiger partial charge in [0.05, 0.1) is 11.4 Å². The molecule has 1 aromatic heterocycles. The summed E-state index contributed by atoms with van der Waals surface area (Å²) in [5.41, 5.74) is 1.38. The number of hydrogen-bond donors (Lipinski definition) is 1. The molecule has 1 saturated carbocycles. The molecule has 1 aromatic rings. The molecule has 23 heavy (non-hydrogen) atoms. The van der Waals surface area contributed by atoms with E-state index in [-0.39, 0.29) is 11.8 Å². The molecule has 1 N–H and O–H groups in total. The second-order valence-electron chi connectivity index (χ2n) is 6.82. The zero-order valence-electron chi connectivity index (χ0n) is 13.3. The van der Waals surface area contributed by atoms with Gasteiger partial charge in [-0.2, -0.15) is 0 Å². The maximum absolute atomic E-state index is 12.6. The van der Waals surface area contributed by atoms with Crippen molar-refractivity contribution in [2.24, 2.45) is 0 Å². The molecule has 0 bridgehead atoms. The second kappa shape index (κ2) is 6.24. The Balaban J connectivity index is 1.28. The van der Waals surface area contributed by atoms with E-state index in [1.807, 2.05) is 4.90 Å². The number of aryl methyl sites for hydroxylation is 2. The van der Waals surface area contributed by atoms with Gasteiger partial charge in [0.15, 0.2) is 0 Å². The van der Waals surface area contributed by atoms with Crippen LogP contribution in [-0.4, -0.2) is 60.4 Å². The molecule has 1 saturated heterocycles. The number of rotatable bonds is 4. The normalized spacial score (nSPS) is 21.3. The molecule has 0 spiro atoms. The van der Waals surface area contributed by atoms with Gasteiger partial charge in [0.2, 0.25) is 5.91 Å². The maximum Gasteiger partial charge on any atom is 0.264 e. The standard InChI is InChI=1S/C17H23N3O2S/c21-16(18-13-4-5-13)11-19-6-8-20(9-7-19)17(22)15-10-12-2-1-3-14(12)23-15/h10,13H,1-9,11H2,(H,18,21). The molecule has 0 aromatic carbocycles. The third-order valence-electron chi connectivity index (χ3n) is 4.93. The lowest BCUT2D eigenvalue weighted by molar-refractivity contribution is -0.122. The minimum Gasteiger partial charge on any atom is -0.352 e. The molecule has 4 rings (SSSR count). The molecule has 2 aliphatic carbocycles. The Morgan fingerprint density at radius 1 is 1.17 bits per heavy atom. The van der Waals surface area contributed by atoms with E-state index in [9.17, 15) is 9.59 Å². The van der Waals surface area contributed by atoms with Gasteiger partial charge >= 0.3 is 0 Å². The summed E-state index contributed by atoms with van der Waals surface area (Å²) in [5.74, 6) is 0.299. The summed E-state index contributed by atoms with van der Waals surface area (Å²) >= 11 is 1.68. The molecule has 0 unspecified atom stereocenters. The Kier molecular flexibility index (Phi) is 4.11. The Morgan fingerprint density at radius 3 is 2.65 bits per heavy atom. The number of thiophene rings is 1. The van der Waals surface area contributed by atoms with Crippen LogP contribution in [0.3, 0.4) is 0 Å². The van der Waals surface area contributed by atoms with Crippen molar-refractivity contribution < 1.29 is 9.59 Å². The molecule has 1 aliphatic heterocycles. The van der Waals surface area contributed by atoms with E-state index < -0.39 is 0 Å². The fourth-order valence-corrected chi connectivity index (χ4v) is 4.62. The molecular weight excluding hydrogens is 310 g/mol. The van der Waals surface area contributed by atoms with E-state index in [2.05, 4.69) is 16.3 Å². The number of nitrogens with zero attached hydrogens (tertiary/aromatic N) is 2. The van der Waals surface area contributed by atoms with Crippen LogP contribution in [-0.2, 0) is 17.6 Å². The predicted molar refractivity (Wildman–Crippen MR) is 89.9 cm³/mol. The zero-order chi connectivity index (χ0) is 15.8. The molecule has 124 valence electrons. The minimum atomic E-state index is 0.127.